The number of phenols is 1. The fourth-order valence-electron chi connectivity index (χ4n) is 3.45. The first kappa shape index (κ1) is 26.7. The lowest BCUT2D eigenvalue weighted by atomic mass is 10.0. The van der Waals surface area contributed by atoms with Gasteiger partial charge in [0.2, 0.25) is 11.8 Å². The number of nitrogens with one attached hydrogen (secondary N) is 2. The van der Waals surface area contributed by atoms with Crippen molar-refractivity contribution in [1.29, 1.82) is 0 Å². The smallest absolute Gasteiger partial charge is 0.408 e. The lowest BCUT2D eigenvalue weighted by Gasteiger charge is -2.33. The van der Waals surface area contributed by atoms with Gasteiger partial charge in [0.15, 0.2) is 0 Å². The van der Waals surface area contributed by atoms with Crippen molar-refractivity contribution in [3.8, 4) is 5.75 Å². The first-order chi connectivity index (χ1) is 16.0. The number of carbonyl (C=O) groups excluding carboxylic acids is 3. The highest BCUT2D eigenvalue weighted by Gasteiger charge is 2.35. The Balaban J connectivity index is 2.32. The van der Waals surface area contributed by atoms with Crippen LogP contribution in [0.15, 0.2) is 54.6 Å². The summed E-state index contributed by atoms with van der Waals surface area (Å²) < 4.78 is 5.26. The minimum atomic E-state index is -1.08. The maximum atomic E-state index is 13.4. The van der Waals surface area contributed by atoms with Crippen LogP contribution in [-0.4, -0.2) is 46.1 Å². The Morgan fingerprint density at radius 3 is 2.24 bits per heavy atom. The molecule has 0 aliphatic rings. The molecule has 3 N–H and O–H groups in total. The van der Waals surface area contributed by atoms with Gasteiger partial charge in [0, 0.05) is 18.7 Å². The summed E-state index contributed by atoms with van der Waals surface area (Å²) in [5.74, 6) is -0.989. The molecule has 2 aromatic carbocycles. The molecule has 34 heavy (non-hydrogen) atoms. The van der Waals surface area contributed by atoms with Crippen molar-refractivity contribution in [2.75, 3.05) is 6.54 Å². The first-order valence-electron chi connectivity index (χ1n) is 11.4. The van der Waals surface area contributed by atoms with E-state index in [-0.39, 0.29) is 18.8 Å². The summed E-state index contributed by atoms with van der Waals surface area (Å²) >= 11 is 0. The maximum absolute atomic E-state index is 13.4. The molecule has 2 atom stereocenters. The molecule has 2 unspecified atom stereocenters. The van der Waals surface area contributed by atoms with Gasteiger partial charge in [-0.2, -0.15) is 0 Å². The molecule has 3 amide bonds. The molecule has 2 aromatic rings. The summed E-state index contributed by atoms with van der Waals surface area (Å²) in [5.41, 5.74) is 0.491. The summed E-state index contributed by atoms with van der Waals surface area (Å²) in [6.45, 7) is 9.13. The molecule has 0 heterocycles. The second kappa shape index (κ2) is 12.1. The first-order valence-corrected chi connectivity index (χ1v) is 11.4. The van der Waals surface area contributed by atoms with Gasteiger partial charge in [0.05, 0.1) is 0 Å². The largest absolute Gasteiger partial charge is 0.508 e. The highest BCUT2D eigenvalue weighted by Crippen LogP contribution is 2.30. The number of aromatic hydroxyl groups is 1. The Hall–Kier alpha value is -3.55. The Morgan fingerprint density at radius 2 is 1.65 bits per heavy atom. The predicted molar refractivity (Wildman–Crippen MR) is 130 cm³/mol. The van der Waals surface area contributed by atoms with Crippen LogP contribution >= 0.6 is 0 Å². The van der Waals surface area contributed by atoms with Crippen molar-refractivity contribution in [2.45, 2.75) is 65.3 Å². The average molecular weight is 470 g/mol. The molecule has 8 nitrogen and oxygen atoms in total. The van der Waals surface area contributed by atoms with E-state index in [4.69, 9.17) is 4.74 Å². The SMILES string of the molecule is CCCN(C(=O)C(C)NC(=O)OC(C)(C)C)C(C(=O)NCc1ccccc1)c1ccccc1O. The van der Waals surface area contributed by atoms with Gasteiger partial charge >= 0.3 is 6.09 Å². The topological polar surface area (TPSA) is 108 Å². The number of nitrogens with zero attached hydrogens (tertiary/aromatic N) is 1. The number of alkyl carbamates (subject to hydrolysis) is 1. The number of phenolic OH excluding ortho intramolecular Hbond substituents is 1. The van der Waals surface area contributed by atoms with Gasteiger partial charge in [-0.15, -0.1) is 0 Å². The molecule has 0 aliphatic carbocycles. The summed E-state index contributed by atoms with van der Waals surface area (Å²) in [6.07, 6.45) is -0.154. The molecular weight excluding hydrogens is 434 g/mol. The zero-order chi connectivity index (χ0) is 25.3. The Bertz CT molecular complexity index is 972. The lowest BCUT2D eigenvalue weighted by molar-refractivity contribution is -0.142. The third-order valence-corrected chi connectivity index (χ3v) is 4.95. The van der Waals surface area contributed by atoms with Crippen LogP contribution in [0.3, 0.4) is 0 Å². The minimum Gasteiger partial charge on any atom is -0.508 e. The average Bonchev–Trinajstić information content (AvgIpc) is 2.77. The third kappa shape index (κ3) is 7.79. The quantitative estimate of drug-likeness (QED) is 0.516. The van der Waals surface area contributed by atoms with E-state index in [1.807, 2.05) is 37.3 Å². The zero-order valence-electron chi connectivity index (χ0n) is 20.5. The van der Waals surface area contributed by atoms with E-state index in [0.717, 1.165) is 5.56 Å². The van der Waals surface area contributed by atoms with Crippen LogP contribution in [0.25, 0.3) is 0 Å². The molecule has 184 valence electrons. The van der Waals surface area contributed by atoms with Crippen LogP contribution < -0.4 is 10.6 Å². The second-order valence-electron chi connectivity index (χ2n) is 9.06. The van der Waals surface area contributed by atoms with Crippen molar-refractivity contribution in [1.82, 2.24) is 15.5 Å². The maximum Gasteiger partial charge on any atom is 0.408 e. The van der Waals surface area contributed by atoms with Gasteiger partial charge in [0.25, 0.3) is 0 Å². The standard InChI is InChI=1S/C26H35N3O5/c1-6-16-29(24(32)18(2)28-25(33)34-26(3,4)5)22(20-14-10-11-15-21(20)30)23(31)27-17-19-12-8-7-9-13-19/h7-15,18,22,30H,6,16-17H2,1-5H3,(H,27,31)(H,28,33). The highest BCUT2D eigenvalue weighted by molar-refractivity contribution is 5.92. The van der Waals surface area contributed by atoms with Gasteiger partial charge in [-0.1, -0.05) is 55.5 Å². The van der Waals surface area contributed by atoms with Gasteiger partial charge in [0.1, 0.15) is 23.4 Å². The highest BCUT2D eigenvalue weighted by atomic mass is 16.6. The van der Waals surface area contributed by atoms with Gasteiger partial charge in [-0.05, 0) is 45.7 Å². The van der Waals surface area contributed by atoms with E-state index in [0.29, 0.717) is 12.0 Å². The number of hydrogen-bond acceptors (Lipinski definition) is 5. The van der Waals surface area contributed by atoms with Gasteiger partial charge in [-0.25, -0.2) is 4.79 Å². The molecule has 0 aromatic heterocycles. The molecule has 0 saturated carbocycles. The van der Waals surface area contributed by atoms with E-state index in [2.05, 4.69) is 10.6 Å². The minimum absolute atomic E-state index is 0.0935. The number of benzene rings is 2. The number of ether oxygens (including phenoxy) is 1. The summed E-state index contributed by atoms with van der Waals surface area (Å²) in [7, 11) is 0. The van der Waals surface area contributed by atoms with Crippen molar-refractivity contribution in [3.05, 3.63) is 65.7 Å². The third-order valence-electron chi connectivity index (χ3n) is 4.95. The van der Waals surface area contributed by atoms with E-state index in [1.165, 1.54) is 11.0 Å². The summed E-state index contributed by atoms with van der Waals surface area (Å²) in [4.78, 5) is 40.4. The zero-order valence-corrected chi connectivity index (χ0v) is 20.5. The van der Waals surface area contributed by atoms with Crippen LogP contribution in [0, 0.1) is 0 Å². The predicted octanol–water partition coefficient (Wildman–Crippen LogP) is 3.90. The number of para-hydroxylation sites is 1. The van der Waals surface area contributed by atoms with Crippen LogP contribution in [0.2, 0.25) is 0 Å². The number of rotatable bonds is 9. The van der Waals surface area contributed by atoms with Crippen LogP contribution in [0.4, 0.5) is 4.79 Å². The molecule has 8 heteroatoms. The normalized spacial score (nSPS) is 12.9. The van der Waals surface area contributed by atoms with Crippen LogP contribution in [-0.2, 0) is 20.9 Å². The number of carbonyl (C=O) groups is 3. The van der Waals surface area contributed by atoms with E-state index >= 15 is 0 Å². The molecule has 0 bridgehead atoms. The van der Waals surface area contributed by atoms with E-state index in [1.54, 1.807) is 45.9 Å². The Kier molecular flexibility index (Phi) is 9.47. The van der Waals surface area contributed by atoms with Gasteiger partial charge < -0.3 is 25.4 Å². The Labute approximate surface area is 201 Å². The summed E-state index contributed by atoms with van der Waals surface area (Å²) in [5, 5.41) is 15.9. The van der Waals surface area contributed by atoms with E-state index in [9.17, 15) is 19.5 Å². The fraction of sp³-hybridized carbons (Fsp3) is 0.423. The molecule has 0 radical (unpaired) electrons. The second-order valence-corrected chi connectivity index (χ2v) is 9.06. The molecular formula is C26H35N3O5. The fourth-order valence-corrected chi connectivity index (χ4v) is 3.45. The molecule has 0 spiro atoms. The molecule has 0 saturated heterocycles. The number of amides is 3. The van der Waals surface area contributed by atoms with Crippen molar-refractivity contribution >= 4 is 17.9 Å². The van der Waals surface area contributed by atoms with Gasteiger partial charge in [-0.3, -0.25) is 9.59 Å². The molecule has 0 fully saturated rings. The number of hydrogen-bond donors (Lipinski definition) is 3. The Morgan fingerprint density at radius 1 is 1.03 bits per heavy atom. The monoisotopic (exact) mass is 469 g/mol. The van der Waals surface area contributed by atoms with Crippen molar-refractivity contribution in [2.24, 2.45) is 0 Å². The van der Waals surface area contributed by atoms with Crippen molar-refractivity contribution in [3.63, 3.8) is 0 Å². The molecule has 0 aliphatic heterocycles. The van der Waals surface area contributed by atoms with E-state index < -0.39 is 35.6 Å². The summed E-state index contributed by atoms with van der Waals surface area (Å²) in [6, 6.07) is 13.8. The van der Waals surface area contributed by atoms with Crippen LogP contribution in [0.5, 0.6) is 5.75 Å². The lowest BCUT2D eigenvalue weighted by Crippen LogP contribution is -2.52. The van der Waals surface area contributed by atoms with Crippen molar-refractivity contribution < 1.29 is 24.2 Å². The molecule has 2 rings (SSSR count). The van der Waals surface area contributed by atoms with Crippen LogP contribution in [0.1, 0.15) is 58.2 Å².